The number of unbranched alkanes of at least 4 members (excludes halogenated alkanes) is 2. The van der Waals surface area contributed by atoms with Crippen molar-refractivity contribution in [3.05, 3.63) is 71.5 Å². The average molecular weight is 492 g/mol. The number of nitrogens with one attached hydrogen (secondary N) is 1. The van der Waals surface area contributed by atoms with Gasteiger partial charge >= 0.3 is 5.97 Å². The number of pyridine rings is 1. The van der Waals surface area contributed by atoms with E-state index in [2.05, 4.69) is 31.5 Å². The number of allylic oxidation sites excluding steroid dienone is 1. The van der Waals surface area contributed by atoms with E-state index in [4.69, 9.17) is 11.6 Å². The zero-order valence-electron chi connectivity index (χ0n) is 18.7. The molecule has 0 radical (unpaired) electrons. The Bertz CT molecular complexity index is 1030. The van der Waals surface area contributed by atoms with Crippen LogP contribution in [0.25, 0.3) is 0 Å². The Labute approximate surface area is 200 Å². The molecule has 1 aromatic heterocycles. The topological polar surface area (TPSA) is 88.6 Å². The third kappa shape index (κ3) is 7.92. The number of sulfonamides is 1. The second kappa shape index (κ2) is 12.3. The summed E-state index contributed by atoms with van der Waals surface area (Å²) in [6.07, 6.45) is 11.5. The lowest BCUT2D eigenvalue weighted by Crippen LogP contribution is -2.37. The molecule has 1 fully saturated rings. The molecule has 0 saturated carbocycles. The van der Waals surface area contributed by atoms with Crippen molar-refractivity contribution in [1.82, 2.24) is 14.6 Å². The van der Waals surface area contributed by atoms with Crippen molar-refractivity contribution in [1.29, 1.82) is 0 Å². The highest BCUT2D eigenvalue weighted by Gasteiger charge is 2.33. The molecule has 9 heteroatoms. The molecular weight excluding hydrogens is 462 g/mol. The average Bonchev–Trinajstić information content (AvgIpc) is 3.16. The zero-order chi connectivity index (χ0) is 23.7. The molecule has 1 N–H and O–H groups in total. The van der Waals surface area contributed by atoms with Gasteiger partial charge in [0, 0.05) is 49.0 Å². The standard InChI is InChI=1S/C24H30ClN3O4S/c1-32-24(29)9-5-3-2-4-8-22-15-21(18-28(22)17-19-7-6-14-26-16-19)27-33(30,31)23-12-10-20(25)11-13-23/h4,6-8,10-14,16,21-22,27H,2-3,5,9,15,17-18H2,1H3/b8-4-/t21-,22-/m1/s1. The van der Waals surface area contributed by atoms with Crippen molar-refractivity contribution in [3.8, 4) is 0 Å². The van der Waals surface area contributed by atoms with Crippen LogP contribution in [0.5, 0.6) is 0 Å². The summed E-state index contributed by atoms with van der Waals surface area (Å²) in [7, 11) is -2.24. The molecule has 1 saturated heterocycles. The summed E-state index contributed by atoms with van der Waals surface area (Å²) in [5.41, 5.74) is 1.08. The van der Waals surface area contributed by atoms with Gasteiger partial charge in [0.2, 0.25) is 10.0 Å². The third-order valence-corrected chi connectivity index (χ3v) is 7.38. The fourth-order valence-electron chi connectivity index (χ4n) is 3.92. The molecule has 7 nitrogen and oxygen atoms in total. The molecular formula is C24H30ClN3O4S. The van der Waals surface area contributed by atoms with Crippen molar-refractivity contribution in [2.75, 3.05) is 13.7 Å². The van der Waals surface area contributed by atoms with Crippen molar-refractivity contribution >= 4 is 27.6 Å². The molecule has 3 rings (SSSR count). The predicted octanol–water partition coefficient (Wildman–Crippen LogP) is 3.95. The number of esters is 1. The van der Waals surface area contributed by atoms with Gasteiger partial charge in [-0.2, -0.15) is 0 Å². The molecule has 2 aromatic rings. The Kier molecular flexibility index (Phi) is 9.43. The summed E-state index contributed by atoms with van der Waals surface area (Å²) in [5, 5.41) is 0.495. The van der Waals surface area contributed by atoms with Crippen LogP contribution < -0.4 is 4.72 Å². The van der Waals surface area contributed by atoms with Crippen LogP contribution in [-0.4, -0.2) is 50.0 Å². The van der Waals surface area contributed by atoms with E-state index in [-0.39, 0.29) is 22.9 Å². The number of hydrogen-bond donors (Lipinski definition) is 1. The largest absolute Gasteiger partial charge is 0.469 e. The van der Waals surface area contributed by atoms with Crippen LogP contribution in [0.2, 0.25) is 5.02 Å². The zero-order valence-corrected chi connectivity index (χ0v) is 20.3. The number of hydrogen-bond acceptors (Lipinski definition) is 6. The lowest BCUT2D eigenvalue weighted by molar-refractivity contribution is -0.140. The molecule has 2 heterocycles. The van der Waals surface area contributed by atoms with E-state index < -0.39 is 10.0 Å². The number of methoxy groups -OCH3 is 1. The minimum atomic E-state index is -3.64. The van der Waals surface area contributed by atoms with Gasteiger partial charge in [-0.1, -0.05) is 29.8 Å². The summed E-state index contributed by atoms with van der Waals surface area (Å²) in [6, 6.07) is 9.98. The number of ether oxygens (including phenoxy) is 1. The van der Waals surface area contributed by atoms with Crippen LogP contribution >= 0.6 is 11.6 Å². The summed E-state index contributed by atoms with van der Waals surface area (Å²) in [6.45, 7) is 1.28. The molecule has 0 unspecified atom stereocenters. The lowest BCUT2D eigenvalue weighted by Gasteiger charge is -2.21. The Morgan fingerprint density at radius 1 is 1.27 bits per heavy atom. The second-order valence-corrected chi connectivity index (χ2v) is 10.3. The Morgan fingerprint density at radius 2 is 2.06 bits per heavy atom. The van der Waals surface area contributed by atoms with E-state index in [0.29, 0.717) is 31.0 Å². The predicted molar refractivity (Wildman–Crippen MR) is 128 cm³/mol. The number of aromatic nitrogens is 1. The first kappa shape index (κ1) is 25.4. The molecule has 0 aliphatic carbocycles. The van der Waals surface area contributed by atoms with E-state index in [1.807, 2.05) is 18.3 Å². The molecule has 2 atom stereocenters. The molecule has 1 aliphatic rings. The Balaban J connectivity index is 1.63. The number of halogens is 1. The molecule has 0 amide bonds. The van der Waals surface area contributed by atoms with Crippen molar-refractivity contribution < 1.29 is 17.9 Å². The minimum Gasteiger partial charge on any atom is -0.469 e. The first-order valence-electron chi connectivity index (χ1n) is 11.0. The monoisotopic (exact) mass is 491 g/mol. The highest BCUT2D eigenvalue weighted by atomic mass is 35.5. The van der Waals surface area contributed by atoms with E-state index in [1.54, 1.807) is 18.3 Å². The van der Waals surface area contributed by atoms with E-state index >= 15 is 0 Å². The molecule has 178 valence electrons. The van der Waals surface area contributed by atoms with Gasteiger partial charge in [-0.15, -0.1) is 0 Å². The normalized spacial score (nSPS) is 19.2. The summed E-state index contributed by atoms with van der Waals surface area (Å²) in [5.74, 6) is -0.187. The van der Waals surface area contributed by atoms with Crippen molar-refractivity contribution in [2.24, 2.45) is 0 Å². The van der Waals surface area contributed by atoms with Crippen LogP contribution in [0.4, 0.5) is 0 Å². The summed E-state index contributed by atoms with van der Waals surface area (Å²) < 4.78 is 33.2. The van der Waals surface area contributed by atoms with Gasteiger partial charge in [0.05, 0.1) is 12.0 Å². The van der Waals surface area contributed by atoms with Gasteiger partial charge in [-0.05, 0) is 61.6 Å². The quantitative estimate of drug-likeness (QED) is 0.291. The fraction of sp³-hybridized carbons (Fsp3) is 0.417. The van der Waals surface area contributed by atoms with Gasteiger partial charge in [0.25, 0.3) is 0 Å². The maximum atomic E-state index is 12.8. The van der Waals surface area contributed by atoms with Gasteiger partial charge in [-0.25, -0.2) is 13.1 Å². The number of carbonyl (C=O) groups is 1. The van der Waals surface area contributed by atoms with Gasteiger partial charge < -0.3 is 4.74 Å². The van der Waals surface area contributed by atoms with Crippen LogP contribution in [0.1, 0.15) is 37.7 Å². The van der Waals surface area contributed by atoms with Gasteiger partial charge in [-0.3, -0.25) is 14.7 Å². The van der Waals surface area contributed by atoms with Crippen LogP contribution in [-0.2, 0) is 26.1 Å². The second-order valence-electron chi connectivity index (χ2n) is 8.12. The van der Waals surface area contributed by atoms with E-state index in [1.165, 1.54) is 19.2 Å². The summed E-state index contributed by atoms with van der Waals surface area (Å²) >= 11 is 5.89. The number of nitrogens with zero attached hydrogens (tertiary/aromatic N) is 2. The molecule has 1 aromatic carbocycles. The minimum absolute atomic E-state index is 0.101. The van der Waals surface area contributed by atoms with Crippen molar-refractivity contribution in [3.63, 3.8) is 0 Å². The van der Waals surface area contributed by atoms with E-state index in [0.717, 1.165) is 24.8 Å². The van der Waals surface area contributed by atoms with Crippen LogP contribution in [0, 0.1) is 0 Å². The molecule has 1 aliphatic heterocycles. The smallest absolute Gasteiger partial charge is 0.305 e. The highest BCUT2D eigenvalue weighted by Crippen LogP contribution is 2.24. The number of benzene rings is 1. The summed E-state index contributed by atoms with van der Waals surface area (Å²) in [4.78, 5) is 17.9. The molecule has 33 heavy (non-hydrogen) atoms. The molecule has 0 spiro atoms. The lowest BCUT2D eigenvalue weighted by atomic mass is 10.1. The van der Waals surface area contributed by atoms with Crippen LogP contribution in [0.15, 0.2) is 65.8 Å². The highest BCUT2D eigenvalue weighted by molar-refractivity contribution is 7.89. The maximum Gasteiger partial charge on any atom is 0.305 e. The van der Waals surface area contributed by atoms with Crippen LogP contribution in [0.3, 0.4) is 0 Å². The fourth-order valence-corrected chi connectivity index (χ4v) is 5.28. The number of rotatable bonds is 11. The molecule has 0 bridgehead atoms. The number of likely N-dealkylation sites (tertiary alicyclic amines) is 1. The Morgan fingerprint density at radius 3 is 2.76 bits per heavy atom. The first-order chi connectivity index (χ1) is 15.9. The number of carbonyl (C=O) groups excluding carboxylic acids is 1. The van der Waals surface area contributed by atoms with E-state index in [9.17, 15) is 13.2 Å². The third-order valence-electron chi connectivity index (χ3n) is 5.59. The van der Waals surface area contributed by atoms with Crippen molar-refractivity contribution in [2.45, 2.75) is 55.6 Å². The first-order valence-corrected chi connectivity index (χ1v) is 12.9. The SMILES string of the molecule is COC(=O)CCCC/C=C\[C@@H]1C[C@@H](NS(=O)(=O)c2ccc(Cl)cc2)CN1Cc1cccnc1. The maximum absolute atomic E-state index is 12.8. The Hall–Kier alpha value is -2.26. The van der Waals surface area contributed by atoms with Gasteiger partial charge in [0.1, 0.15) is 0 Å². The van der Waals surface area contributed by atoms with Gasteiger partial charge in [0.15, 0.2) is 0 Å².